The van der Waals surface area contributed by atoms with Crippen LogP contribution in [0.3, 0.4) is 0 Å². The van der Waals surface area contributed by atoms with Gasteiger partial charge in [-0.15, -0.1) is 4.91 Å². The van der Waals surface area contributed by atoms with E-state index < -0.39 is 5.97 Å². The quantitative estimate of drug-likeness (QED) is 0.193. The van der Waals surface area contributed by atoms with Crippen molar-refractivity contribution in [1.29, 1.82) is 0 Å². The number of hydrogen-bond acceptors (Lipinski definition) is 6. The van der Waals surface area contributed by atoms with Gasteiger partial charge in [-0.1, -0.05) is 12.6 Å². The summed E-state index contributed by atoms with van der Waals surface area (Å²) in [7, 11) is 0. The van der Waals surface area contributed by atoms with Crippen molar-refractivity contribution in [2.75, 3.05) is 13.2 Å². The van der Waals surface area contributed by atoms with Gasteiger partial charge in [-0.3, -0.25) is 0 Å². The van der Waals surface area contributed by atoms with E-state index in [0.717, 1.165) is 0 Å². The van der Waals surface area contributed by atoms with Crippen LogP contribution in [0.25, 0.3) is 0 Å². The largest absolute Gasteiger partial charge is 0.618 e. The summed E-state index contributed by atoms with van der Waals surface area (Å²) < 4.78 is 10.5. The number of carbonyl (C=O) groups is 1. The van der Waals surface area contributed by atoms with Gasteiger partial charge >= 0.3 is 5.97 Å². The van der Waals surface area contributed by atoms with Gasteiger partial charge < -0.3 is 14.7 Å². The third-order valence-corrected chi connectivity index (χ3v) is 2.85. The second kappa shape index (κ2) is 7.92. The number of nitrogens with zero attached hydrogens (tertiary/aromatic N) is 2. The zero-order valence-corrected chi connectivity index (χ0v) is 12.8. The lowest BCUT2D eigenvalue weighted by Gasteiger charge is -2.13. The number of benzene rings is 1. The first-order valence-corrected chi connectivity index (χ1v) is 6.63. The van der Waals surface area contributed by atoms with Crippen LogP contribution in [0.2, 0.25) is 0 Å². The van der Waals surface area contributed by atoms with Gasteiger partial charge in [0.15, 0.2) is 23.8 Å². The Labute approximate surface area is 128 Å². The fourth-order valence-electron chi connectivity index (χ4n) is 1.59. The molecule has 7 heteroatoms. The van der Waals surface area contributed by atoms with Crippen LogP contribution in [0.4, 0.5) is 11.4 Å². The number of rotatable bonds is 7. The average molecular weight is 306 g/mol. The second-order valence-corrected chi connectivity index (χ2v) is 4.47. The van der Waals surface area contributed by atoms with Gasteiger partial charge in [-0.05, 0) is 31.2 Å². The van der Waals surface area contributed by atoms with Crippen molar-refractivity contribution < 1.29 is 19.0 Å². The third-order valence-electron chi connectivity index (χ3n) is 2.85. The maximum atomic E-state index is 12.4. The molecule has 0 saturated heterocycles. The molecule has 0 heterocycles. The van der Waals surface area contributed by atoms with E-state index in [1.54, 1.807) is 20.8 Å². The fourth-order valence-corrected chi connectivity index (χ4v) is 1.59. The molecule has 0 spiro atoms. The van der Waals surface area contributed by atoms with Crippen LogP contribution in [0, 0.1) is 10.1 Å². The second-order valence-electron chi connectivity index (χ2n) is 4.47. The summed E-state index contributed by atoms with van der Waals surface area (Å²) in [6.45, 7) is 8.43. The molecule has 118 valence electrons. The van der Waals surface area contributed by atoms with Crippen molar-refractivity contribution in [3.63, 3.8) is 0 Å². The molecule has 0 aliphatic carbocycles. The van der Waals surface area contributed by atoms with Crippen molar-refractivity contribution in [2.24, 2.45) is 5.18 Å². The monoisotopic (exact) mass is 306 g/mol. The predicted molar refractivity (Wildman–Crippen MR) is 82.8 cm³/mol. The molecule has 0 amide bonds. The van der Waals surface area contributed by atoms with Crippen molar-refractivity contribution >= 4 is 23.1 Å². The molecule has 0 atom stereocenters. The molecular formula is C15H18N2O5. The SMILES string of the molecule is C=C(C)/C(C)=[N+](/[O-])c1c(N=O)cccc1OCC(=O)OCC. The zero-order chi connectivity index (χ0) is 16.7. The van der Waals surface area contributed by atoms with Crippen LogP contribution < -0.4 is 4.74 Å². The number of carbonyl (C=O) groups excluding carboxylic acids is 1. The van der Waals surface area contributed by atoms with Gasteiger partial charge in [0, 0.05) is 12.5 Å². The molecule has 22 heavy (non-hydrogen) atoms. The first-order chi connectivity index (χ1) is 10.4. The van der Waals surface area contributed by atoms with E-state index in [-0.39, 0.29) is 30.3 Å². The highest BCUT2D eigenvalue weighted by molar-refractivity contribution is 5.94. The summed E-state index contributed by atoms with van der Waals surface area (Å²) in [5.74, 6) is -0.503. The highest BCUT2D eigenvalue weighted by atomic mass is 16.6. The molecule has 0 radical (unpaired) electrons. The lowest BCUT2D eigenvalue weighted by molar-refractivity contribution is -0.361. The summed E-state index contributed by atoms with van der Waals surface area (Å²) in [6, 6.07) is 4.36. The topological polar surface area (TPSA) is 91.0 Å². The number of ether oxygens (including phenoxy) is 2. The minimum atomic E-state index is -0.573. The Morgan fingerprint density at radius 2 is 2.09 bits per heavy atom. The Bertz CT molecular complexity index is 622. The molecule has 1 aromatic rings. The molecule has 0 bridgehead atoms. The van der Waals surface area contributed by atoms with Crippen molar-refractivity contribution in [1.82, 2.24) is 0 Å². The average Bonchev–Trinajstić information content (AvgIpc) is 2.51. The van der Waals surface area contributed by atoms with E-state index in [9.17, 15) is 14.9 Å². The lowest BCUT2D eigenvalue weighted by Crippen LogP contribution is -2.16. The minimum absolute atomic E-state index is 0.0673. The maximum absolute atomic E-state index is 12.4. The lowest BCUT2D eigenvalue weighted by atomic mass is 10.2. The van der Waals surface area contributed by atoms with Crippen molar-refractivity contribution in [3.8, 4) is 5.75 Å². The number of esters is 1. The standard InChI is InChI=1S/C15H18N2O5/c1-5-21-14(18)9-22-13-8-6-7-12(16-19)15(13)17(20)11(4)10(2)3/h6-8H,2,5,9H2,1,3-4H3/b17-11+. The molecule has 7 nitrogen and oxygen atoms in total. The Morgan fingerprint density at radius 3 is 2.64 bits per heavy atom. The van der Waals surface area contributed by atoms with Gasteiger partial charge in [0.2, 0.25) is 0 Å². The Morgan fingerprint density at radius 1 is 1.41 bits per heavy atom. The van der Waals surface area contributed by atoms with Crippen LogP contribution in [-0.2, 0) is 9.53 Å². The van der Waals surface area contributed by atoms with E-state index in [2.05, 4.69) is 11.8 Å². The summed E-state index contributed by atoms with van der Waals surface area (Å²) in [5.41, 5.74) is 0.684. The molecule has 1 aromatic carbocycles. The van der Waals surface area contributed by atoms with E-state index in [1.807, 2.05) is 0 Å². The highest BCUT2D eigenvalue weighted by Crippen LogP contribution is 2.37. The van der Waals surface area contributed by atoms with E-state index in [4.69, 9.17) is 9.47 Å². The zero-order valence-electron chi connectivity index (χ0n) is 12.8. The van der Waals surface area contributed by atoms with E-state index >= 15 is 0 Å². The molecule has 1 rings (SSSR count). The first kappa shape index (κ1) is 17.4. The van der Waals surface area contributed by atoms with Crippen LogP contribution in [0.15, 0.2) is 35.5 Å². The summed E-state index contributed by atoms with van der Waals surface area (Å²) in [5, 5.41) is 15.2. The highest BCUT2D eigenvalue weighted by Gasteiger charge is 2.22. The molecule has 0 aliphatic rings. The number of para-hydroxylation sites is 1. The van der Waals surface area contributed by atoms with Crippen LogP contribution in [0.1, 0.15) is 20.8 Å². The molecule has 0 fully saturated rings. The minimum Gasteiger partial charge on any atom is -0.618 e. The summed E-state index contributed by atoms with van der Waals surface area (Å²) >= 11 is 0. The van der Waals surface area contributed by atoms with E-state index in [0.29, 0.717) is 16.0 Å². The molecule has 0 aliphatic heterocycles. The van der Waals surface area contributed by atoms with Gasteiger partial charge in [-0.25, -0.2) is 4.79 Å². The molecular weight excluding hydrogens is 288 g/mol. The summed E-state index contributed by atoms with van der Waals surface area (Å²) in [4.78, 5) is 22.3. The summed E-state index contributed by atoms with van der Waals surface area (Å²) in [6.07, 6.45) is 0. The van der Waals surface area contributed by atoms with Crippen molar-refractivity contribution in [3.05, 3.63) is 40.5 Å². The van der Waals surface area contributed by atoms with Crippen LogP contribution in [0.5, 0.6) is 5.75 Å². The number of hydrogen-bond donors (Lipinski definition) is 0. The number of allylic oxidation sites excluding steroid dienone is 1. The Hall–Kier alpha value is -2.70. The first-order valence-electron chi connectivity index (χ1n) is 6.63. The number of nitroso groups, excluding NO2 is 1. The Kier molecular flexibility index (Phi) is 6.25. The van der Waals surface area contributed by atoms with Crippen LogP contribution in [-0.4, -0.2) is 29.6 Å². The van der Waals surface area contributed by atoms with Gasteiger partial charge in [0.05, 0.1) is 6.61 Å². The molecule has 0 unspecified atom stereocenters. The van der Waals surface area contributed by atoms with E-state index in [1.165, 1.54) is 18.2 Å². The molecule has 0 aromatic heterocycles. The smallest absolute Gasteiger partial charge is 0.344 e. The fraction of sp³-hybridized carbons (Fsp3) is 0.333. The van der Waals surface area contributed by atoms with Gasteiger partial charge in [0.25, 0.3) is 5.69 Å². The normalized spacial score (nSPS) is 11.4. The maximum Gasteiger partial charge on any atom is 0.344 e. The van der Waals surface area contributed by atoms with Gasteiger partial charge in [-0.2, -0.15) is 4.74 Å². The third kappa shape index (κ3) is 4.15. The van der Waals surface area contributed by atoms with Crippen LogP contribution >= 0.6 is 0 Å². The molecule has 0 N–H and O–H groups in total. The molecule has 0 saturated carbocycles. The van der Waals surface area contributed by atoms with Crippen molar-refractivity contribution in [2.45, 2.75) is 20.8 Å². The van der Waals surface area contributed by atoms with Gasteiger partial charge in [0.1, 0.15) is 0 Å². The Balaban J connectivity index is 3.24. The predicted octanol–water partition coefficient (Wildman–Crippen LogP) is 3.21.